The van der Waals surface area contributed by atoms with E-state index < -0.39 is 0 Å². The Morgan fingerprint density at radius 3 is 2.50 bits per heavy atom. The molecule has 3 rings (SSSR count). The second kappa shape index (κ2) is 8.51. The molecule has 0 nitrogen and oxygen atoms in total. The number of unbranched alkanes of at least 4 members (excludes halogenated alkanes) is 3. The number of hydrogen-bond acceptors (Lipinski definition) is 0. The molecule has 0 N–H and O–H groups in total. The highest BCUT2D eigenvalue weighted by atomic mass is 14.2. The standard InChI is InChI=1S/C24H32/c1-3-5-6-7-8-20-10-12-21(13-11-20)23-16-15-22-17-19(4-2)9-14-24(22)18-23/h9,12,14-18,20H,3-8,10-11,13H2,1-2H3. The van der Waals surface area contributed by atoms with E-state index in [1.54, 1.807) is 5.57 Å². The molecule has 128 valence electrons. The van der Waals surface area contributed by atoms with Gasteiger partial charge in [0.05, 0.1) is 0 Å². The first-order chi connectivity index (χ1) is 11.8. The van der Waals surface area contributed by atoms with Gasteiger partial charge in [0, 0.05) is 0 Å². The highest BCUT2D eigenvalue weighted by molar-refractivity contribution is 5.87. The first kappa shape index (κ1) is 17.3. The zero-order chi connectivity index (χ0) is 16.8. The molecule has 0 heterocycles. The van der Waals surface area contributed by atoms with E-state index in [0.29, 0.717) is 0 Å². The quantitative estimate of drug-likeness (QED) is 0.462. The van der Waals surface area contributed by atoms with Crippen molar-refractivity contribution in [2.75, 3.05) is 0 Å². The zero-order valence-corrected chi connectivity index (χ0v) is 15.5. The molecule has 0 fully saturated rings. The Hall–Kier alpha value is -1.56. The van der Waals surface area contributed by atoms with Crippen molar-refractivity contribution in [1.29, 1.82) is 0 Å². The van der Waals surface area contributed by atoms with Crippen molar-refractivity contribution in [3.05, 3.63) is 53.6 Å². The Kier molecular flexibility index (Phi) is 6.12. The fourth-order valence-corrected chi connectivity index (χ4v) is 3.99. The van der Waals surface area contributed by atoms with Crippen LogP contribution in [0.25, 0.3) is 16.3 Å². The summed E-state index contributed by atoms with van der Waals surface area (Å²) in [5.74, 6) is 0.929. The Labute approximate surface area is 148 Å². The summed E-state index contributed by atoms with van der Waals surface area (Å²) >= 11 is 0. The van der Waals surface area contributed by atoms with Gasteiger partial charge in [-0.2, -0.15) is 0 Å². The van der Waals surface area contributed by atoms with Crippen LogP contribution in [0.15, 0.2) is 42.5 Å². The second-order valence-corrected chi connectivity index (χ2v) is 7.47. The number of aryl methyl sites for hydroxylation is 1. The van der Waals surface area contributed by atoms with Crippen molar-refractivity contribution in [3.63, 3.8) is 0 Å². The molecule has 0 bridgehead atoms. The monoisotopic (exact) mass is 320 g/mol. The third-order valence-corrected chi connectivity index (χ3v) is 5.67. The van der Waals surface area contributed by atoms with E-state index in [1.807, 2.05) is 0 Å². The van der Waals surface area contributed by atoms with Crippen LogP contribution in [0.5, 0.6) is 0 Å². The number of fused-ring (bicyclic) bond motifs is 1. The minimum absolute atomic E-state index is 0.929. The molecule has 0 radical (unpaired) electrons. The lowest BCUT2D eigenvalue weighted by molar-refractivity contribution is 0.425. The zero-order valence-electron chi connectivity index (χ0n) is 15.5. The molecule has 0 saturated carbocycles. The van der Waals surface area contributed by atoms with Crippen LogP contribution in [0.3, 0.4) is 0 Å². The topological polar surface area (TPSA) is 0 Å². The fraction of sp³-hybridized carbons (Fsp3) is 0.500. The Bertz CT molecular complexity index is 692. The van der Waals surface area contributed by atoms with Gasteiger partial charge in [-0.15, -0.1) is 0 Å². The maximum absolute atomic E-state index is 2.52. The molecule has 24 heavy (non-hydrogen) atoms. The average Bonchev–Trinajstić information content (AvgIpc) is 2.65. The van der Waals surface area contributed by atoms with Gasteiger partial charge in [0.15, 0.2) is 0 Å². The molecular formula is C24H32. The van der Waals surface area contributed by atoms with Crippen LogP contribution >= 0.6 is 0 Å². The molecule has 0 saturated heterocycles. The minimum atomic E-state index is 0.929. The molecule has 0 aromatic heterocycles. The Morgan fingerprint density at radius 1 is 0.917 bits per heavy atom. The van der Waals surface area contributed by atoms with E-state index in [9.17, 15) is 0 Å². The SMILES string of the molecule is CCCCCCC1CC=C(c2ccc3cc(CC)ccc3c2)CC1. The smallest absolute Gasteiger partial charge is 0.0178 e. The third-order valence-electron chi connectivity index (χ3n) is 5.67. The summed E-state index contributed by atoms with van der Waals surface area (Å²) in [5, 5.41) is 2.76. The van der Waals surface area contributed by atoms with E-state index in [1.165, 1.54) is 73.3 Å². The molecule has 0 spiro atoms. The van der Waals surface area contributed by atoms with Crippen molar-refractivity contribution in [2.45, 2.75) is 71.6 Å². The number of rotatable bonds is 7. The largest absolute Gasteiger partial charge is 0.0804 e. The van der Waals surface area contributed by atoms with Gasteiger partial charge in [-0.05, 0) is 65.1 Å². The summed E-state index contributed by atoms with van der Waals surface area (Å²) in [7, 11) is 0. The molecule has 0 heteroatoms. The molecular weight excluding hydrogens is 288 g/mol. The van der Waals surface area contributed by atoms with E-state index >= 15 is 0 Å². The van der Waals surface area contributed by atoms with Gasteiger partial charge in [0.1, 0.15) is 0 Å². The van der Waals surface area contributed by atoms with Crippen LogP contribution in [0.2, 0.25) is 0 Å². The minimum Gasteiger partial charge on any atom is -0.0804 e. The average molecular weight is 321 g/mol. The molecule has 0 aliphatic heterocycles. The van der Waals surface area contributed by atoms with E-state index in [2.05, 4.69) is 56.3 Å². The molecule has 1 aliphatic rings. The third kappa shape index (κ3) is 4.29. The van der Waals surface area contributed by atoms with Crippen molar-refractivity contribution < 1.29 is 0 Å². The van der Waals surface area contributed by atoms with Gasteiger partial charge < -0.3 is 0 Å². The normalized spacial score (nSPS) is 17.9. The van der Waals surface area contributed by atoms with Crippen LogP contribution in [0.4, 0.5) is 0 Å². The van der Waals surface area contributed by atoms with Crippen LogP contribution < -0.4 is 0 Å². The maximum Gasteiger partial charge on any atom is -0.0178 e. The van der Waals surface area contributed by atoms with Gasteiger partial charge in [0.25, 0.3) is 0 Å². The molecule has 2 aromatic rings. The van der Waals surface area contributed by atoms with Gasteiger partial charge in [-0.1, -0.05) is 82.4 Å². The van der Waals surface area contributed by atoms with Crippen LogP contribution in [0, 0.1) is 5.92 Å². The molecule has 1 atom stereocenters. The van der Waals surface area contributed by atoms with Crippen molar-refractivity contribution >= 4 is 16.3 Å². The lowest BCUT2D eigenvalue weighted by Crippen LogP contribution is -2.05. The van der Waals surface area contributed by atoms with Crippen molar-refractivity contribution in [1.82, 2.24) is 0 Å². The summed E-state index contributed by atoms with van der Waals surface area (Å²) < 4.78 is 0. The van der Waals surface area contributed by atoms with E-state index in [4.69, 9.17) is 0 Å². The van der Waals surface area contributed by atoms with Crippen LogP contribution in [0.1, 0.15) is 76.3 Å². The lowest BCUT2D eigenvalue weighted by Gasteiger charge is -2.22. The first-order valence-electron chi connectivity index (χ1n) is 10.0. The van der Waals surface area contributed by atoms with Gasteiger partial charge >= 0.3 is 0 Å². The van der Waals surface area contributed by atoms with Gasteiger partial charge in [-0.3, -0.25) is 0 Å². The Balaban J connectivity index is 1.64. The van der Waals surface area contributed by atoms with E-state index in [0.717, 1.165) is 12.3 Å². The highest BCUT2D eigenvalue weighted by Crippen LogP contribution is 2.34. The summed E-state index contributed by atoms with van der Waals surface area (Å²) in [6.45, 7) is 4.52. The molecule has 0 amide bonds. The van der Waals surface area contributed by atoms with Gasteiger partial charge in [-0.25, -0.2) is 0 Å². The second-order valence-electron chi connectivity index (χ2n) is 7.47. The summed E-state index contributed by atoms with van der Waals surface area (Å²) in [5.41, 5.74) is 4.44. The first-order valence-corrected chi connectivity index (χ1v) is 10.0. The number of hydrogen-bond donors (Lipinski definition) is 0. The fourth-order valence-electron chi connectivity index (χ4n) is 3.99. The van der Waals surface area contributed by atoms with Crippen molar-refractivity contribution in [2.24, 2.45) is 5.92 Å². The predicted molar refractivity (Wildman–Crippen MR) is 107 cm³/mol. The number of allylic oxidation sites excluding steroid dienone is 2. The lowest BCUT2D eigenvalue weighted by atomic mass is 9.83. The molecule has 2 aromatic carbocycles. The van der Waals surface area contributed by atoms with Gasteiger partial charge in [0.2, 0.25) is 0 Å². The molecule has 1 unspecified atom stereocenters. The van der Waals surface area contributed by atoms with Crippen LogP contribution in [-0.4, -0.2) is 0 Å². The summed E-state index contributed by atoms with van der Waals surface area (Å²) in [6.07, 6.45) is 14.6. The summed E-state index contributed by atoms with van der Waals surface area (Å²) in [6, 6.07) is 13.9. The maximum atomic E-state index is 2.52. The van der Waals surface area contributed by atoms with Crippen LogP contribution in [-0.2, 0) is 6.42 Å². The molecule has 1 aliphatic carbocycles. The highest BCUT2D eigenvalue weighted by Gasteiger charge is 2.15. The number of benzene rings is 2. The Morgan fingerprint density at radius 2 is 1.75 bits per heavy atom. The van der Waals surface area contributed by atoms with Crippen molar-refractivity contribution in [3.8, 4) is 0 Å². The predicted octanol–water partition coefficient (Wildman–Crippen LogP) is 7.56. The van der Waals surface area contributed by atoms with E-state index in [-0.39, 0.29) is 0 Å². The summed E-state index contributed by atoms with van der Waals surface area (Å²) in [4.78, 5) is 0.